The SMILES string of the molecule is O=C1CC(c2cccs2)CC2=C1C(c1ccnc3ccccc13)n1ncnc1N2. The van der Waals surface area contributed by atoms with Crippen molar-refractivity contribution in [3.63, 3.8) is 0 Å². The van der Waals surface area contributed by atoms with E-state index in [-0.39, 0.29) is 17.7 Å². The summed E-state index contributed by atoms with van der Waals surface area (Å²) in [6.07, 6.45) is 4.66. The Morgan fingerprint density at radius 2 is 2.00 bits per heavy atom. The zero-order valence-corrected chi connectivity index (χ0v) is 16.3. The van der Waals surface area contributed by atoms with Crippen molar-refractivity contribution in [1.82, 2.24) is 19.7 Å². The average molecular weight is 399 g/mol. The van der Waals surface area contributed by atoms with Crippen molar-refractivity contribution in [3.05, 3.63) is 82.1 Å². The van der Waals surface area contributed by atoms with Gasteiger partial charge in [-0.2, -0.15) is 10.1 Å². The molecule has 3 aromatic heterocycles. The summed E-state index contributed by atoms with van der Waals surface area (Å²) in [5.74, 6) is 1.05. The van der Waals surface area contributed by atoms with Gasteiger partial charge >= 0.3 is 0 Å². The van der Waals surface area contributed by atoms with Crippen LogP contribution in [0.1, 0.15) is 35.2 Å². The highest BCUT2D eigenvalue weighted by molar-refractivity contribution is 7.10. The number of Topliss-reactive ketones (excluding diaryl/α,β-unsaturated/α-hetero) is 1. The van der Waals surface area contributed by atoms with Crippen molar-refractivity contribution >= 4 is 34.0 Å². The van der Waals surface area contributed by atoms with E-state index >= 15 is 0 Å². The Labute approximate surface area is 170 Å². The number of pyridine rings is 1. The topological polar surface area (TPSA) is 72.7 Å². The molecule has 4 aromatic rings. The molecule has 7 heteroatoms. The van der Waals surface area contributed by atoms with E-state index in [9.17, 15) is 4.79 Å². The fourth-order valence-electron chi connectivity index (χ4n) is 4.52. The molecule has 142 valence electrons. The van der Waals surface area contributed by atoms with Crippen molar-refractivity contribution in [2.75, 3.05) is 5.32 Å². The normalized spacial score (nSPS) is 21.0. The summed E-state index contributed by atoms with van der Waals surface area (Å²) in [5, 5.41) is 10.9. The fourth-order valence-corrected chi connectivity index (χ4v) is 5.35. The smallest absolute Gasteiger partial charge is 0.226 e. The Morgan fingerprint density at radius 3 is 2.90 bits per heavy atom. The van der Waals surface area contributed by atoms with Gasteiger partial charge in [-0.05, 0) is 35.6 Å². The molecule has 0 fully saturated rings. The Bertz CT molecular complexity index is 1270. The lowest BCUT2D eigenvalue weighted by Crippen LogP contribution is -2.33. The molecular weight excluding hydrogens is 382 g/mol. The number of para-hydroxylation sites is 1. The third-order valence-electron chi connectivity index (χ3n) is 5.78. The minimum absolute atomic E-state index is 0.171. The first-order valence-electron chi connectivity index (χ1n) is 9.59. The first-order chi connectivity index (χ1) is 14.3. The molecule has 1 aliphatic heterocycles. The Balaban J connectivity index is 1.55. The van der Waals surface area contributed by atoms with Gasteiger partial charge in [0.1, 0.15) is 12.4 Å². The summed E-state index contributed by atoms with van der Waals surface area (Å²) >= 11 is 1.71. The van der Waals surface area contributed by atoms with Crippen LogP contribution in [0.25, 0.3) is 10.9 Å². The predicted octanol–water partition coefficient (Wildman–Crippen LogP) is 4.30. The molecule has 0 amide bonds. The molecule has 1 aliphatic carbocycles. The van der Waals surface area contributed by atoms with Gasteiger partial charge in [0.05, 0.1) is 5.52 Å². The third kappa shape index (κ3) is 2.54. The van der Waals surface area contributed by atoms with E-state index < -0.39 is 0 Å². The average Bonchev–Trinajstić information content (AvgIpc) is 3.44. The number of benzene rings is 1. The zero-order valence-electron chi connectivity index (χ0n) is 15.4. The lowest BCUT2D eigenvalue weighted by molar-refractivity contribution is -0.116. The van der Waals surface area contributed by atoms with Crippen LogP contribution >= 0.6 is 11.3 Å². The minimum Gasteiger partial charge on any atom is -0.328 e. The zero-order chi connectivity index (χ0) is 19.4. The minimum atomic E-state index is -0.298. The van der Waals surface area contributed by atoms with Gasteiger partial charge < -0.3 is 5.32 Å². The Kier molecular flexibility index (Phi) is 3.64. The molecule has 2 unspecified atom stereocenters. The molecule has 29 heavy (non-hydrogen) atoms. The highest BCUT2D eigenvalue weighted by atomic mass is 32.1. The number of hydrogen-bond donors (Lipinski definition) is 1. The number of ketones is 1. The number of allylic oxidation sites excluding steroid dienone is 2. The van der Waals surface area contributed by atoms with Crippen molar-refractivity contribution in [1.29, 1.82) is 0 Å². The van der Waals surface area contributed by atoms with Crippen LogP contribution in [0.15, 0.2) is 71.6 Å². The van der Waals surface area contributed by atoms with Crippen LogP contribution in [-0.2, 0) is 4.79 Å². The quantitative estimate of drug-likeness (QED) is 0.544. The lowest BCUT2D eigenvalue weighted by Gasteiger charge is -2.35. The fraction of sp³-hybridized carbons (Fsp3) is 0.182. The van der Waals surface area contributed by atoms with Gasteiger partial charge in [0.15, 0.2) is 5.78 Å². The molecule has 1 N–H and O–H groups in total. The van der Waals surface area contributed by atoms with Crippen LogP contribution in [-0.4, -0.2) is 25.5 Å². The maximum Gasteiger partial charge on any atom is 0.226 e. The maximum atomic E-state index is 13.4. The van der Waals surface area contributed by atoms with E-state index in [2.05, 4.69) is 37.9 Å². The van der Waals surface area contributed by atoms with Gasteiger partial charge in [0.2, 0.25) is 5.95 Å². The molecule has 2 atom stereocenters. The molecule has 6 nitrogen and oxygen atoms in total. The number of nitrogens with one attached hydrogen (secondary N) is 1. The van der Waals surface area contributed by atoms with E-state index in [1.165, 1.54) is 4.88 Å². The van der Waals surface area contributed by atoms with Gasteiger partial charge in [-0.1, -0.05) is 24.3 Å². The van der Waals surface area contributed by atoms with Crippen LogP contribution in [0, 0.1) is 0 Å². The van der Waals surface area contributed by atoms with E-state index in [1.54, 1.807) is 23.9 Å². The number of carbonyl (C=O) groups is 1. The van der Waals surface area contributed by atoms with Crippen molar-refractivity contribution in [2.45, 2.75) is 24.8 Å². The monoisotopic (exact) mass is 399 g/mol. The number of fused-ring (bicyclic) bond motifs is 2. The highest BCUT2D eigenvalue weighted by Crippen LogP contribution is 2.45. The standard InChI is InChI=1S/C22H17N5OS/c28-18-11-13(19-6-3-9-29-19)10-17-20(18)21(27-22(26-17)24-12-25-27)15-7-8-23-16-5-2-1-4-14(15)16/h1-9,12-13,21H,10-11H2,(H,24,25,26). The first-order valence-corrected chi connectivity index (χ1v) is 10.5. The molecule has 4 heterocycles. The molecule has 0 bridgehead atoms. The number of rotatable bonds is 2. The maximum absolute atomic E-state index is 13.4. The largest absolute Gasteiger partial charge is 0.328 e. The molecule has 0 saturated carbocycles. The first kappa shape index (κ1) is 16.6. The van der Waals surface area contributed by atoms with E-state index in [1.807, 2.05) is 35.0 Å². The van der Waals surface area contributed by atoms with Crippen LogP contribution in [0.4, 0.5) is 5.95 Å². The summed E-state index contributed by atoms with van der Waals surface area (Å²) in [5.41, 5.74) is 3.70. The summed E-state index contributed by atoms with van der Waals surface area (Å²) < 4.78 is 1.82. The van der Waals surface area contributed by atoms with E-state index in [0.717, 1.165) is 34.2 Å². The summed E-state index contributed by atoms with van der Waals surface area (Å²) in [6, 6.07) is 13.9. The number of nitrogens with zero attached hydrogens (tertiary/aromatic N) is 4. The van der Waals surface area contributed by atoms with Gasteiger partial charge in [0.25, 0.3) is 0 Å². The number of thiophene rings is 1. The second-order valence-corrected chi connectivity index (χ2v) is 8.39. The third-order valence-corrected chi connectivity index (χ3v) is 6.82. The molecule has 6 rings (SSSR count). The summed E-state index contributed by atoms with van der Waals surface area (Å²) in [6.45, 7) is 0. The molecule has 0 radical (unpaired) electrons. The Hall–Kier alpha value is -3.32. The van der Waals surface area contributed by atoms with Crippen LogP contribution in [0.2, 0.25) is 0 Å². The van der Waals surface area contributed by atoms with E-state index in [0.29, 0.717) is 12.4 Å². The van der Waals surface area contributed by atoms with Crippen LogP contribution in [0.5, 0.6) is 0 Å². The van der Waals surface area contributed by atoms with Crippen molar-refractivity contribution in [3.8, 4) is 0 Å². The lowest BCUT2D eigenvalue weighted by atomic mass is 9.79. The summed E-state index contributed by atoms with van der Waals surface area (Å²) in [4.78, 5) is 23.6. The predicted molar refractivity (Wildman–Crippen MR) is 112 cm³/mol. The number of carbonyl (C=O) groups excluding carboxylic acids is 1. The second-order valence-electron chi connectivity index (χ2n) is 7.41. The molecular formula is C22H17N5OS. The summed E-state index contributed by atoms with van der Waals surface area (Å²) in [7, 11) is 0. The van der Waals surface area contributed by atoms with Gasteiger partial charge in [-0.15, -0.1) is 11.3 Å². The molecule has 0 saturated heterocycles. The number of aromatic nitrogens is 4. The highest BCUT2D eigenvalue weighted by Gasteiger charge is 2.39. The van der Waals surface area contributed by atoms with Gasteiger partial charge in [-0.25, -0.2) is 4.68 Å². The number of anilines is 1. The van der Waals surface area contributed by atoms with Gasteiger partial charge in [0, 0.05) is 40.1 Å². The molecule has 1 aromatic carbocycles. The van der Waals surface area contributed by atoms with Crippen molar-refractivity contribution < 1.29 is 4.79 Å². The molecule has 0 spiro atoms. The Morgan fingerprint density at radius 1 is 1.07 bits per heavy atom. The van der Waals surface area contributed by atoms with Crippen molar-refractivity contribution in [2.24, 2.45) is 0 Å². The molecule has 2 aliphatic rings. The van der Waals surface area contributed by atoms with E-state index in [4.69, 9.17) is 0 Å². The van der Waals surface area contributed by atoms with Gasteiger partial charge in [-0.3, -0.25) is 9.78 Å². The second kappa shape index (κ2) is 6.35. The number of hydrogen-bond acceptors (Lipinski definition) is 6. The van der Waals surface area contributed by atoms with Crippen LogP contribution in [0.3, 0.4) is 0 Å². The van der Waals surface area contributed by atoms with Crippen LogP contribution < -0.4 is 5.32 Å².